The first kappa shape index (κ1) is 18.2. The van der Waals surface area contributed by atoms with Gasteiger partial charge in [-0.15, -0.1) is 0 Å². The van der Waals surface area contributed by atoms with Gasteiger partial charge in [0.1, 0.15) is 12.1 Å². The highest BCUT2D eigenvalue weighted by Gasteiger charge is 2.29. The maximum atomic E-state index is 12.0. The number of nitrogens with one attached hydrogen (secondary N) is 1. The highest BCUT2D eigenvalue weighted by Crippen LogP contribution is 2.37. The van der Waals surface area contributed by atoms with E-state index in [9.17, 15) is 4.79 Å². The summed E-state index contributed by atoms with van der Waals surface area (Å²) in [5.41, 5.74) is 9.72. The number of carbonyl (C=O) groups excluding carboxylic acids is 1. The number of nitrogens with two attached hydrogens (primary N) is 1. The zero-order valence-electron chi connectivity index (χ0n) is 16.1. The Labute approximate surface area is 172 Å². The van der Waals surface area contributed by atoms with Crippen LogP contribution in [0.25, 0.3) is 11.2 Å². The van der Waals surface area contributed by atoms with Gasteiger partial charge in [0.05, 0.1) is 6.61 Å². The molecule has 0 unspecified atom stereocenters. The molecule has 3 heterocycles. The van der Waals surface area contributed by atoms with Crippen molar-refractivity contribution in [3.05, 3.63) is 29.6 Å². The van der Waals surface area contributed by atoms with Gasteiger partial charge in [0.25, 0.3) is 0 Å². The van der Waals surface area contributed by atoms with Gasteiger partial charge in [-0.3, -0.25) is 4.79 Å². The second kappa shape index (κ2) is 7.22. The van der Waals surface area contributed by atoms with Gasteiger partial charge in [-0.05, 0) is 37.0 Å². The van der Waals surface area contributed by atoms with Crippen LogP contribution in [0.4, 0.5) is 5.82 Å². The van der Waals surface area contributed by atoms with E-state index in [0.717, 1.165) is 41.7 Å². The number of nitrogens with zero attached hydrogens (tertiary/aromatic N) is 4. The minimum Gasteiger partial charge on any atom is -0.493 e. The largest absolute Gasteiger partial charge is 0.493 e. The predicted molar refractivity (Wildman–Crippen MR) is 110 cm³/mol. The molecule has 1 aromatic carbocycles. The number of amides is 1. The smallest absolute Gasteiger partial charge is 0.223 e. The van der Waals surface area contributed by atoms with Gasteiger partial charge in [-0.2, -0.15) is 0 Å². The van der Waals surface area contributed by atoms with E-state index in [-0.39, 0.29) is 11.8 Å². The summed E-state index contributed by atoms with van der Waals surface area (Å²) < 4.78 is 7.73. The second-order valence-electron chi connectivity index (χ2n) is 7.47. The summed E-state index contributed by atoms with van der Waals surface area (Å²) in [7, 11) is 0. The molecule has 2 aliphatic rings. The third kappa shape index (κ3) is 3.50. The fourth-order valence-electron chi connectivity index (χ4n) is 3.53. The van der Waals surface area contributed by atoms with Crippen LogP contribution in [-0.4, -0.2) is 38.6 Å². The Morgan fingerprint density at radius 2 is 2.24 bits per heavy atom. The Hall–Kier alpha value is -2.81. The summed E-state index contributed by atoms with van der Waals surface area (Å²) in [4.78, 5) is 26.2. The van der Waals surface area contributed by atoms with Gasteiger partial charge in [0.15, 0.2) is 22.1 Å². The van der Waals surface area contributed by atoms with Gasteiger partial charge < -0.3 is 20.4 Å². The van der Waals surface area contributed by atoms with Crippen LogP contribution in [0.1, 0.15) is 24.0 Å². The molecule has 9 heteroatoms. The molecule has 0 atom stereocenters. The highest BCUT2D eigenvalue weighted by atomic mass is 32.2. The van der Waals surface area contributed by atoms with E-state index < -0.39 is 0 Å². The predicted octanol–water partition coefficient (Wildman–Crippen LogP) is 2.33. The van der Waals surface area contributed by atoms with E-state index in [4.69, 9.17) is 15.5 Å². The number of ether oxygens (including phenoxy) is 1. The SMILES string of the molecule is Cc1cc2c(cc1Sc1nc3c(N)ncnc3n1CCNC(=O)C1CC1)OCC2. The van der Waals surface area contributed by atoms with Gasteiger partial charge in [0, 0.05) is 30.3 Å². The summed E-state index contributed by atoms with van der Waals surface area (Å²) in [6.07, 6.45) is 4.38. The molecule has 2 aromatic heterocycles. The molecule has 1 aliphatic heterocycles. The molecule has 5 rings (SSSR count). The Balaban J connectivity index is 1.46. The maximum absolute atomic E-state index is 12.0. The van der Waals surface area contributed by atoms with Crippen LogP contribution in [0.2, 0.25) is 0 Å². The highest BCUT2D eigenvalue weighted by molar-refractivity contribution is 7.99. The molecule has 3 aromatic rings. The molecule has 0 saturated heterocycles. The normalized spacial score (nSPS) is 15.3. The fourth-order valence-corrected chi connectivity index (χ4v) is 4.54. The van der Waals surface area contributed by atoms with E-state index in [1.165, 1.54) is 17.5 Å². The molecule has 1 aliphatic carbocycles. The number of fused-ring (bicyclic) bond motifs is 2. The molecule has 1 fully saturated rings. The number of hydrogen-bond acceptors (Lipinski definition) is 7. The Morgan fingerprint density at radius 3 is 3.07 bits per heavy atom. The topological polar surface area (TPSA) is 108 Å². The Kier molecular flexibility index (Phi) is 4.54. The molecule has 8 nitrogen and oxygen atoms in total. The number of aromatic nitrogens is 4. The quantitative estimate of drug-likeness (QED) is 0.642. The lowest BCUT2D eigenvalue weighted by molar-refractivity contribution is -0.122. The Morgan fingerprint density at radius 1 is 1.38 bits per heavy atom. The molecular weight excluding hydrogens is 388 g/mol. The van der Waals surface area contributed by atoms with Crippen molar-refractivity contribution < 1.29 is 9.53 Å². The monoisotopic (exact) mass is 410 g/mol. The molecule has 1 saturated carbocycles. The van der Waals surface area contributed by atoms with Crippen LogP contribution in [0, 0.1) is 12.8 Å². The summed E-state index contributed by atoms with van der Waals surface area (Å²) >= 11 is 1.55. The Bertz CT molecular complexity index is 1110. The molecule has 29 heavy (non-hydrogen) atoms. The number of hydrogen-bond donors (Lipinski definition) is 2. The van der Waals surface area contributed by atoms with Gasteiger partial charge in [-0.1, -0.05) is 17.8 Å². The molecule has 0 bridgehead atoms. The third-order valence-corrected chi connectivity index (χ3v) is 6.45. The van der Waals surface area contributed by atoms with Crippen molar-refractivity contribution in [3.8, 4) is 5.75 Å². The molecule has 0 spiro atoms. The summed E-state index contributed by atoms with van der Waals surface area (Å²) in [5, 5.41) is 3.78. The van der Waals surface area contributed by atoms with Crippen molar-refractivity contribution in [2.45, 2.75) is 42.8 Å². The number of aryl methyl sites for hydroxylation is 1. The van der Waals surface area contributed by atoms with Crippen LogP contribution >= 0.6 is 11.8 Å². The van der Waals surface area contributed by atoms with Crippen molar-refractivity contribution in [2.24, 2.45) is 5.92 Å². The number of carbonyl (C=O) groups is 1. The number of rotatable bonds is 6. The van der Waals surface area contributed by atoms with E-state index >= 15 is 0 Å². The zero-order valence-corrected chi connectivity index (χ0v) is 17.0. The van der Waals surface area contributed by atoms with Crippen molar-refractivity contribution in [2.75, 3.05) is 18.9 Å². The molecule has 3 N–H and O–H groups in total. The summed E-state index contributed by atoms with van der Waals surface area (Å²) in [6, 6.07) is 4.26. The van der Waals surface area contributed by atoms with Crippen LogP contribution < -0.4 is 15.8 Å². The number of imidazole rings is 1. The van der Waals surface area contributed by atoms with Gasteiger partial charge in [0.2, 0.25) is 5.91 Å². The molecule has 150 valence electrons. The van der Waals surface area contributed by atoms with Crippen molar-refractivity contribution >= 4 is 34.7 Å². The van der Waals surface area contributed by atoms with E-state index in [2.05, 4.69) is 34.3 Å². The van der Waals surface area contributed by atoms with Gasteiger partial charge in [-0.25, -0.2) is 15.0 Å². The number of nitrogen functional groups attached to an aromatic ring is 1. The lowest BCUT2D eigenvalue weighted by atomic mass is 10.1. The van der Waals surface area contributed by atoms with Gasteiger partial charge >= 0.3 is 0 Å². The third-order valence-electron chi connectivity index (χ3n) is 5.30. The molecule has 0 radical (unpaired) electrons. The summed E-state index contributed by atoms with van der Waals surface area (Å²) in [5.74, 6) is 1.61. The number of anilines is 1. The minimum absolute atomic E-state index is 0.129. The van der Waals surface area contributed by atoms with Crippen molar-refractivity contribution in [3.63, 3.8) is 0 Å². The van der Waals surface area contributed by atoms with Crippen LogP contribution in [0.5, 0.6) is 5.75 Å². The second-order valence-corrected chi connectivity index (χ2v) is 8.48. The minimum atomic E-state index is 0.129. The summed E-state index contributed by atoms with van der Waals surface area (Å²) in [6.45, 7) is 3.91. The van der Waals surface area contributed by atoms with Crippen LogP contribution in [0.3, 0.4) is 0 Å². The van der Waals surface area contributed by atoms with Crippen LogP contribution in [-0.2, 0) is 17.8 Å². The molecule has 1 amide bonds. The van der Waals surface area contributed by atoms with Crippen LogP contribution in [0.15, 0.2) is 28.5 Å². The molecular formula is C20H22N6O2S. The van der Waals surface area contributed by atoms with E-state index in [1.807, 2.05) is 4.57 Å². The lowest BCUT2D eigenvalue weighted by Crippen LogP contribution is -2.28. The fraction of sp³-hybridized carbons (Fsp3) is 0.400. The standard InChI is InChI=1S/C20H22N6O2S/c1-11-8-13-4-7-28-14(13)9-15(11)29-20-25-16-17(21)23-10-24-18(16)26(20)6-5-22-19(27)12-2-3-12/h8-10,12H,2-7H2,1H3,(H,22,27)(H2,21,23,24). The van der Waals surface area contributed by atoms with E-state index in [1.54, 1.807) is 11.8 Å². The van der Waals surface area contributed by atoms with Crippen molar-refractivity contribution in [1.82, 2.24) is 24.8 Å². The lowest BCUT2D eigenvalue weighted by Gasteiger charge is -2.11. The zero-order chi connectivity index (χ0) is 20.0. The maximum Gasteiger partial charge on any atom is 0.223 e. The first-order valence-corrected chi connectivity index (χ1v) is 10.6. The first-order chi connectivity index (χ1) is 14.1. The average Bonchev–Trinajstić information content (AvgIpc) is 3.37. The average molecular weight is 411 g/mol. The van der Waals surface area contributed by atoms with Crippen molar-refractivity contribution in [1.29, 1.82) is 0 Å². The first-order valence-electron chi connectivity index (χ1n) is 9.79. The van der Waals surface area contributed by atoms with E-state index in [0.29, 0.717) is 30.1 Å². The number of benzene rings is 1.